The first kappa shape index (κ1) is 21.9. The minimum Gasteiger partial charge on any atom is -0.391 e. The van der Waals surface area contributed by atoms with E-state index >= 15 is 0 Å². The number of halogens is 1. The number of β-amino-alcohol motifs (C(OH)–C–C–N with tert-alkyl or cyclic N) is 1. The lowest BCUT2D eigenvalue weighted by molar-refractivity contribution is -0.130. The van der Waals surface area contributed by atoms with Crippen molar-refractivity contribution in [3.05, 3.63) is 65.4 Å². The highest BCUT2D eigenvalue weighted by molar-refractivity contribution is 5.96. The maximum Gasteiger partial charge on any atom is 0.265 e. The summed E-state index contributed by atoms with van der Waals surface area (Å²) >= 11 is 0. The van der Waals surface area contributed by atoms with Gasteiger partial charge in [0.1, 0.15) is 23.3 Å². The average molecular weight is 423 g/mol. The first-order valence-electron chi connectivity index (χ1n) is 9.74. The van der Waals surface area contributed by atoms with Crippen LogP contribution >= 0.6 is 0 Å². The van der Waals surface area contributed by atoms with Crippen molar-refractivity contribution in [1.82, 2.24) is 14.9 Å². The summed E-state index contributed by atoms with van der Waals surface area (Å²) in [6.07, 6.45) is 2.83. The van der Waals surface area contributed by atoms with Gasteiger partial charge in [0.05, 0.1) is 17.8 Å². The number of aryl methyl sites for hydroxylation is 1. The van der Waals surface area contributed by atoms with Gasteiger partial charge in [0.25, 0.3) is 5.91 Å². The van der Waals surface area contributed by atoms with Gasteiger partial charge in [-0.05, 0) is 42.7 Å². The van der Waals surface area contributed by atoms with Crippen molar-refractivity contribution in [3.63, 3.8) is 0 Å². The molecule has 31 heavy (non-hydrogen) atoms. The highest BCUT2D eigenvalue weighted by Gasteiger charge is 2.23. The second-order valence-electron chi connectivity index (χ2n) is 7.22. The number of carbonyl (C=O) groups excluding carboxylic acids is 2. The number of aliphatic hydroxyl groups is 1. The number of aromatic amines is 1. The minimum atomic E-state index is -0.528. The van der Waals surface area contributed by atoms with Gasteiger partial charge in [0.2, 0.25) is 5.91 Å². The normalized spacial score (nSPS) is 15.3. The van der Waals surface area contributed by atoms with Crippen LogP contribution in [0, 0.1) is 17.1 Å². The van der Waals surface area contributed by atoms with Crippen molar-refractivity contribution in [2.75, 3.05) is 13.1 Å². The predicted molar refractivity (Wildman–Crippen MR) is 111 cm³/mol. The number of pyridine rings is 1. The molecular formula is C22H22FN5O3. The molecule has 3 heterocycles. The molecule has 0 spiro atoms. The summed E-state index contributed by atoms with van der Waals surface area (Å²) in [6.45, 7) is 1.09. The van der Waals surface area contributed by atoms with Crippen LogP contribution in [-0.2, 0) is 11.2 Å². The number of likely N-dealkylation sites (tertiary alicyclic amines) is 1. The fraction of sp³-hybridized carbons (Fsp3) is 0.273. The highest BCUT2D eigenvalue weighted by Crippen LogP contribution is 2.15. The lowest BCUT2D eigenvalue weighted by atomic mass is 10.1. The molecule has 1 aromatic carbocycles. The molecule has 1 aliphatic heterocycles. The Morgan fingerprint density at radius 1 is 1.32 bits per heavy atom. The molecule has 0 radical (unpaired) electrons. The van der Waals surface area contributed by atoms with Crippen molar-refractivity contribution in [2.45, 2.75) is 25.4 Å². The van der Waals surface area contributed by atoms with Crippen molar-refractivity contribution in [1.29, 1.82) is 5.26 Å². The van der Waals surface area contributed by atoms with Crippen molar-refractivity contribution >= 4 is 22.7 Å². The van der Waals surface area contributed by atoms with Gasteiger partial charge in [-0.3, -0.25) is 9.59 Å². The van der Waals surface area contributed by atoms with E-state index in [1.54, 1.807) is 29.2 Å². The zero-order chi connectivity index (χ0) is 22.4. The molecule has 4 N–H and O–H groups in total. The van der Waals surface area contributed by atoms with E-state index in [1.165, 1.54) is 18.3 Å². The molecular weight excluding hydrogens is 401 g/mol. The van der Waals surface area contributed by atoms with E-state index in [9.17, 15) is 19.1 Å². The van der Waals surface area contributed by atoms with Crippen LogP contribution in [0.2, 0.25) is 0 Å². The van der Waals surface area contributed by atoms with E-state index in [0.717, 1.165) is 10.9 Å². The molecule has 0 aliphatic carbocycles. The van der Waals surface area contributed by atoms with Crippen LogP contribution in [0.1, 0.15) is 34.6 Å². The first-order valence-corrected chi connectivity index (χ1v) is 9.74. The molecule has 2 aromatic heterocycles. The molecule has 160 valence electrons. The Morgan fingerprint density at radius 2 is 2.06 bits per heavy atom. The topological polar surface area (TPSA) is 136 Å². The Bertz CT molecular complexity index is 1120. The van der Waals surface area contributed by atoms with Crippen LogP contribution in [-0.4, -0.2) is 51.0 Å². The van der Waals surface area contributed by atoms with E-state index in [4.69, 9.17) is 11.0 Å². The maximum absolute atomic E-state index is 12.7. The Labute approximate surface area is 178 Å². The van der Waals surface area contributed by atoms with E-state index < -0.39 is 5.91 Å². The second-order valence-corrected chi connectivity index (χ2v) is 7.22. The summed E-state index contributed by atoms with van der Waals surface area (Å²) in [4.78, 5) is 30.9. The number of fused-ring (bicyclic) bond motifs is 1. The standard InChI is InChI=1S/C13H16FNO2.C9H6N4O/c14-11-4-1-10(2-5-11)3-6-13(17)15-8-7-12(16)9-15;10-3-6-1-5-2-7(9(11)14)13-8(5)4-12-6/h1-2,4-5,12,16H,3,6-9H2;1-2,4,13H,(H2,11,14). The number of primary amides is 1. The number of hydrogen-bond acceptors (Lipinski definition) is 5. The number of nitrogens with one attached hydrogen (secondary N) is 1. The Morgan fingerprint density at radius 3 is 2.68 bits per heavy atom. The Hall–Kier alpha value is -3.77. The van der Waals surface area contributed by atoms with Crippen molar-refractivity contribution in [3.8, 4) is 6.07 Å². The van der Waals surface area contributed by atoms with Gasteiger partial charge in [0.15, 0.2) is 0 Å². The summed E-state index contributed by atoms with van der Waals surface area (Å²) in [5.41, 5.74) is 7.37. The van der Waals surface area contributed by atoms with Gasteiger partial charge in [-0.2, -0.15) is 5.26 Å². The van der Waals surface area contributed by atoms with E-state index in [1.807, 2.05) is 6.07 Å². The Balaban J connectivity index is 0.000000179. The number of hydrogen-bond donors (Lipinski definition) is 3. The third-order valence-electron chi connectivity index (χ3n) is 4.94. The number of H-pyrrole nitrogens is 1. The van der Waals surface area contributed by atoms with Gasteiger partial charge >= 0.3 is 0 Å². The number of rotatable bonds is 4. The van der Waals surface area contributed by atoms with E-state index in [0.29, 0.717) is 49.3 Å². The van der Waals surface area contributed by atoms with E-state index in [2.05, 4.69) is 9.97 Å². The maximum atomic E-state index is 12.7. The fourth-order valence-corrected chi connectivity index (χ4v) is 3.25. The SMILES string of the molecule is N#Cc1cc2cc(C(N)=O)[nH]c2cn1.O=C(CCc1ccc(F)cc1)N1CCC(O)C1. The van der Waals surface area contributed by atoms with Crippen LogP contribution in [0.15, 0.2) is 42.6 Å². The smallest absolute Gasteiger partial charge is 0.265 e. The van der Waals surface area contributed by atoms with Gasteiger partial charge in [0, 0.05) is 24.9 Å². The molecule has 3 aromatic rings. The summed E-state index contributed by atoms with van der Waals surface area (Å²) in [5.74, 6) is -0.728. The number of carbonyl (C=O) groups is 2. The quantitative estimate of drug-likeness (QED) is 0.589. The second kappa shape index (κ2) is 9.82. The third kappa shape index (κ3) is 5.87. The fourth-order valence-electron chi connectivity index (χ4n) is 3.25. The molecule has 1 aliphatic rings. The van der Waals surface area contributed by atoms with Crippen LogP contribution in [0.25, 0.3) is 10.9 Å². The highest BCUT2D eigenvalue weighted by atomic mass is 19.1. The van der Waals surface area contributed by atoms with Crippen LogP contribution < -0.4 is 5.73 Å². The van der Waals surface area contributed by atoms with Crippen LogP contribution in [0.4, 0.5) is 4.39 Å². The zero-order valence-electron chi connectivity index (χ0n) is 16.7. The summed E-state index contributed by atoms with van der Waals surface area (Å²) in [6, 6.07) is 11.3. The lowest BCUT2D eigenvalue weighted by Gasteiger charge is -2.15. The molecule has 0 saturated carbocycles. The van der Waals surface area contributed by atoms with Gasteiger partial charge in [-0.25, -0.2) is 9.37 Å². The average Bonchev–Trinajstić information content (AvgIpc) is 3.39. The molecule has 8 nitrogen and oxygen atoms in total. The largest absolute Gasteiger partial charge is 0.391 e. The van der Waals surface area contributed by atoms with Gasteiger partial charge in [-0.15, -0.1) is 0 Å². The molecule has 1 saturated heterocycles. The number of benzene rings is 1. The molecule has 1 fully saturated rings. The number of nitrogens with zero attached hydrogens (tertiary/aromatic N) is 3. The van der Waals surface area contributed by atoms with Crippen LogP contribution in [0.5, 0.6) is 0 Å². The zero-order valence-corrected chi connectivity index (χ0v) is 16.7. The Kier molecular flexibility index (Phi) is 6.95. The molecule has 2 amide bonds. The van der Waals surface area contributed by atoms with Crippen molar-refractivity contribution in [2.24, 2.45) is 5.73 Å². The van der Waals surface area contributed by atoms with Gasteiger partial charge < -0.3 is 20.7 Å². The van der Waals surface area contributed by atoms with Crippen LogP contribution in [0.3, 0.4) is 0 Å². The number of amides is 2. The molecule has 0 bridgehead atoms. The molecule has 1 atom stereocenters. The summed E-state index contributed by atoms with van der Waals surface area (Å²) < 4.78 is 12.7. The first-order chi connectivity index (χ1) is 14.9. The van der Waals surface area contributed by atoms with Crippen molar-refractivity contribution < 1.29 is 19.1 Å². The number of aromatic nitrogens is 2. The third-order valence-corrected chi connectivity index (χ3v) is 4.94. The number of nitriles is 1. The van der Waals surface area contributed by atoms with Gasteiger partial charge in [-0.1, -0.05) is 12.1 Å². The summed E-state index contributed by atoms with van der Waals surface area (Å²) in [5, 5.41) is 18.7. The lowest BCUT2D eigenvalue weighted by Crippen LogP contribution is -2.29. The molecule has 1 unspecified atom stereocenters. The van der Waals surface area contributed by atoms with E-state index in [-0.39, 0.29) is 17.8 Å². The summed E-state index contributed by atoms with van der Waals surface area (Å²) in [7, 11) is 0. The molecule has 9 heteroatoms. The monoisotopic (exact) mass is 423 g/mol. The molecule has 4 rings (SSSR count). The number of nitrogens with two attached hydrogens (primary N) is 1. The minimum absolute atomic E-state index is 0.0610. The number of aliphatic hydroxyl groups excluding tert-OH is 1. The predicted octanol–water partition coefficient (Wildman–Crippen LogP) is 1.88.